The highest BCUT2D eigenvalue weighted by Gasteiger charge is 1.99. The zero-order valence-electron chi connectivity index (χ0n) is 6.64. The van der Waals surface area contributed by atoms with Gasteiger partial charge in [-0.25, -0.2) is 4.98 Å². The summed E-state index contributed by atoms with van der Waals surface area (Å²) in [7, 11) is 0. The average molecular weight is 162 g/mol. The molecule has 2 aromatic rings. The number of imidazole rings is 1. The van der Waals surface area contributed by atoms with Gasteiger partial charge in [-0.05, 0) is 12.1 Å². The molecular formula is C9H10N2O. The Morgan fingerprint density at radius 3 is 3.17 bits per heavy atom. The van der Waals surface area contributed by atoms with Crippen LogP contribution in [-0.2, 0) is 6.42 Å². The molecule has 0 radical (unpaired) electrons. The van der Waals surface area contributed by atoms with Crippen LogP contribution < -0.4 is 0 Å². The molecule has 1 N–H and O–H groups in total. The van der Waals surface area contributed by atoms with Gasteiger partial charge in [-0.2, -0.15) is 0 Å². The number of aliphatic hydroxyl groups is 1. The fraction of sp³-hybridized carbons (Fsp3) is 0.222. The molecule has 2 aromatic heterocycles. The summed E-state index contributed by atoms with van der Waals surface area (Å²) in [5.74, 6) is 0.910. The van der Waals surface area contributed by atoms with Crippen LogP contribution in [0, 0.1) is 0 Å². The van der Waals surface area contributed by atoms with Gasteiger partial charge >= 0.3 is 0 Å². The first-order valence-electron chi connectivity index (χ1n) is 3.93. The summed E-state index contributed by atoms with van der Waals surface area (Å²) in [6.07, 6.45) is 4.37. The van der Waals surface area contributed by atoms with Crippen LogP contribution >= 0.6 is 0 Å². The summed E-state index contributed by atoms with van der Waals surface area (Å²) in [5.41, 5.74) is 1.07. The Bertz CT molecular complexity index is 381. The maximum Gasteiger partial charge on any atom is 0.115 e. The number of aliphatic hydroxyl groups excluding tert-OH is 1. The predicted molar refractivity (Wildman–Crippen MR) is 46.0 cm³/mol. The van der Waals surface area contributed by atoms with Crippen LogP contribution in [0.15, 0.2) is 30.6 Å². The number of hydrogen-bond acceptors (Lipinski definition) is 2. The standard InChI is InChI=1S/C9H10N2O/c12-6-4-9-10-7-8-3-1-2-5-11(8)9/h1-3,5,7,12H,4,6H2. The molecule has 0 aliphatic carbocycles. The van der Waals surface area contributed by atoms with Crippen molar-refractivity contribution in [2.75, 3.05) is 6.61 Å². The van der Waals surface area contributed by atoms with Gasteiger partial charge in [0.15, 0.2) is 0 Å². The van der Waals surface area contributed by atoms with E-state index in [0.717, 1.165) is 11.3 Å². The van der Waals surface area contributed by atoms with E-state index in [1.54, 1.807) is 0 Å². The van der Waals surface area contributed by atoms with Gasteiger partial charge in [-0.3, -0.25) is 0 Å². The van der Waals surface area contributed by atoms with E-state index in [-0.39, 0.29) is 6.61 Å². The molecule has 0 unspecified atom stereocenters. The molecule has 0 saturated carbocycles. The molecule has 2 rings (SSSR count). The first-order chi connectivity index (χ1) is 5.92. The average Bonchev–Trinajstić information content (AvgIpc) is 2.50. The largest absolute Gasteiger partial charge is 0.396 e. The normalized spacial score (nSPS) is 10.8. The van der Waals surface area contributed by atoms with Crippen LogP contribution in [0.5, 0.6) is 0 Å². The Balaban J connectivity index is 2.55. The van der Waals surface area contributed by atoms with E-state index in [1.165, 1.54) is 0 Å². The van der Waals surface area contributed by atoms with Crippen LogP contribution in [0.25, 0.3) is 5.52 Å². The minimum atomic E-state index is 0.147. The Morgan fingerprint density at radius 1 is 1.42 bits per heavy atom. The summed E-state index contributed by atoms with van der Waals surface area (Å²) < 4.78 is 1.98. The molecule has 0 amide bonds. The van der Waals surface area contributed by atoms with Gasteiger partial charge in [-0.15, -0.1) is 0 Å². The van der Waals surface area contributed by atoms with Crippen molar-refractivity contribution in [1.82, 2.24) is 9.38 Å². The van der Waals surface area contributed by atoms with Crippen LogP contribution in [0.2, 0.25) is 0 Å². The van der Waals surface area contributed by atoms with Crippen LogP contribution in [-0.4, -0.2) is 21.1 Å². The number of pyridine rings is 1. The third-order valence-electron chi connectivity index (χ3n) is 1.85. The zero-order valence-corrected chi connectivity index (χ0v) is 6.64. The fourth-order valence-electron chi connectivity index (χ4n) is 1.28. The van der Waals surface area contributed by atoms with Gasteiger partial charge in [0, 0.05) is 12.6 Å². The van der Waals surface area contributed by atoms with Crippen molar-refractivity contribution in [1.29, 1.82) is 0 Å². The number of fused-ring (bicyclic) bond motifs is 1. The van der Waals surface area contributed by atoms with E-state index in [2.05, 4.69) is 4.98 Å². The Kier molecular flexibility index (Phi) is 1.80. The third kappa shape index (κ3) is 1.08. The van der Waals surface area contributed by atoms with Gasteiger partial charge in [0.1, 0.15) is 5.82 Å². The SMILES string of the molecule is OCCc1ncc2ccccn12. The monoisotopic (exact) mass is 162 g/mol. The highest BCUT2D eigenvalue weighted by atomic mass is 16.3. The minimum absolute atomic E-state index is 0.147. The van der Waals surface area contributed by atoms with Gasteiger partial charge in [0.05, 0.1) is 18.3 Å². The molecule has 0 atom stereocenters. The highest BCUT2D eigenvalue weighted by Crippen LogP contribution is 2.05. The first kappa shape index (κ1) is 7.31. The summed E-state index contributed by atoms with van der Waals surface area (Å²) in [6, 6.07) is 5.92. The molecule has 0 aromatic carbocycles. The summed E-state index contributed by atoms with van der Waals surface area (Å²) >= 11 is 0. The summed E-state index contributed by atoms with van der Waals surface area (Å²) in [4.78, 5) is 4.19. The van der Waals surface area contributed by atoms with E-state index in [1.807, 2.05) is 35.0 Å². The van der Waals surface area contributed by atoms with Crippen LogP contribution in [0.3, 0.4) is 0 Å². The van der Waals surface area contributed by atoms with Crippen LogP contribution in [0.1, 0.15) is 5.82 Å². The van der Waals surface area contributed by atoms with Crippen molar-refractivity contribution in [3.05, 3.63) is 36.4 Å². The Labute approximate surface area is 70.3 Å². The van der Waals surface area contributed by atoms with Gasteiger partial charge in [-0.1, -0.05) is 6.07 Å². The number of nitrogens with zero attached hydrogens (tertiary/aromatic N) is 2. The topological polar surface area (TPSA) is 37.5 Å². The van der Waals surface area contributed by atoms with E-state index >= 15 is 0 Å². The third-order valence-corrected chi connectivity index (χ3v) is 1.85. The van der Waals surface area contributed by atoms with Crippen LogP contribution in [0.4, 0.5) is 0 Å². The van der Waals surface area contributed by atoms with Gasteiger partial charge in [0.25, 0.3) is 0 Å². The summed E-state index contributed by atoms with van der Waals surface area (Å²) in [5, 5.41) is 8.74. The number of aromatic nitrogens is 2. The lowest BCUT2D eigenvalue weighted by Gasteiger charge is -1.96. The smallest absolute Gasteiger partial charge is 0.115 e. The molecular weight excluding hydrogens is 152 g/mol. The lowest BCUT2D eigenvalue weighted by Crippen LogP contribution is -1.97. The first-order valence-corrected chi connectivity index (χ1v) is 3.93. The second-order valence-electron chi connectivity index (χ2n) is 2.64. The molecule has 0 fully saturated rings. The molecule has 62 valence electrons. The second kappa shape index (κ2) is 2.95. The second-order valence-corrected chi connectivity index (χ2v) is 2.64. The highest BCUT2D eigenvalue weighted by molar-refractivity contribution is 5.45. The maximum absolute atomic E-state index is 8.74. The quantitative estimate of drug-likeness (QED) is 0.711. The molecule has 0 saturated heterocycles. The fourth-order valence-corrected chi connectivity index (χ4v) is 1.28. The molecule has 0 bridgehead atoms. The van der Waals surface area contributed by atoms with Crippen molar-refractivity contribution in [3.8, 4) is 0 Å². The molecule has 2 heterocycles. The van der Waals surface area contributed by atoms with Crippen molar-refractivity contribution >= 4 is 5.52 Å². The number of rotatable bonds is 2. The van der Waals surface area contributed by atoms with Gasteiger partial charge < -0.3 is 9.51 Å². The van der Waals surface area contributed by atoms with E-state index < -0.39 is 0 Å². The van der Waals surface area contributed by atoms with Crippen molar-refractivity contribution in [2.45, 2.75) is 6.42 Å². The van der Waals surface area contributed by atoms with E-state index in [4.69, 9.17) is 5.11 Å². The van der Waals surface area contributed by atoms with Crippen molar-refractivity contribution in [2.24, 2.45) is 0 Å². The van der Waals surface area contributed by atoms with Crippen molar-refractivity contribution < 1.29 is 5.11 Å². The number of hydrogen-bond donors (Lipinski definition) is 1. The van der Waals surface area contributed by atoms with E-state index in [9.17, 15) is 0 Å². The zero-order chi connectivity index (χ0) is 8.39. The molecule has 12 heavy (non-hydrogen) atoms. The lowest BCUT2D eigenvalue weighted by atomic mass is 10.4. The molecule has 3 nitrogen and oxygen atoms in total. The summed E-state index contributed by atoms with van der Waals surface area (Å²) in [6.45, 7) is 0.147. The van der Waals surface area contributed by atoms with Crippen molar-refractivity contribution in [3.63, 3.8) is 0 Å². The van der Waals surface area contributed by atoms with E-state index in [0.29, 0.717) is 6.42 Å². The van der Waals surface area contributed by atoms with Gasteiger partial charge in [0.2, 0.25) is 0 Å². The molecule has 3 heteroatoms. The predicted octanol–water partition coefficient (Wildman–Crippen LogP) is 0.869. The molecule has 0 aliphatic heterocycles. The Hall–Kier alpha value is -1.35. The molecule has 0 aliphatic rings. The maximum atomic E-state index is 8.74. The Morgan fingerprint density at radius 2 is 2.33 bits per heavy atom. The molecule has 0 spiro atoms. The minimum Gasteiger partial charge on any atom is -0.396 e. The lowest BCUT2D eigenvalue weighted by molar-refractivity contribution is 0.296.